The highest BCUT2D eigenvalue weighted by atomic mass is 32.2. The Morgan fingerprint density at radius 2 is 2.12 bits per heavy atom. The van der Waals surface area contributed by atoms with E-state index in [0.29, 0.717) is 13.2 Å². The number of amides is 4. The van der Waals surface area contributed by atoms with Crippen molar-refractivity contribution < 1.29 is 14.3 Å². The van der Waals surface area contributed by atoms with Crippen molar-refractivity contribution in [1.82, 2.24) is 16.0 Å². The third-order valence-electron chi connectivity index (χ3n) is 1.42. The monoisotopic (exact) mass is 248 g/mol. The number of carbonyl (C=O) groups is 2. The van der Waals surface area contributed by atoms with Crippen molar-refractivity contribution in [2.45, 2.75) is 0 Å². The van der Waals surface area contributed by atoms with E-state index in [1.807, 2.05) is 0 Å². The SMILES string of the molecule is CNC(=O)N=C(NC(=O)NCCOC)SC. The van der Waals surface area contributed by atoms with Gasteiger partial charge in [-0.15, -0.1) is 0 Å². The lowest BCUT2D eigenvalue weighted by molar-refractivity contribution is 0.197. The average Bonchev–Trinajstić information content (AvgIpc) is 2.28. The number of ether oxygens (including phenoxy) is 1. The summed E-state index contributed by atoms with van der Waals surface area (Å²) in [5.74, 6) is 0. The molecule has 7 nitrogen and oxygen atoms in total. The Hall–Kier alpha value is -1.28. The Labute approximate surface area is 98.4 Å². The molecule has 0 fully saturated rings. The Balaban J connectivity index is 4.06. The molecule has 16 heavy (non-hydrogen) atoms. The number of aliphatic imine (C=N–C) groups is 1. The van der Waals surface area contributed by atoms with Crippen molar-refractivity contribution in [2.24, 2.45) is 4.99 Å². The molecule has 0 aliphatic heterocycles. The van der Waals surface area contributed by atoms with Crippen molar-refractivity contribution in [3.8, 4) is 0 Å². The quantitative estimate of drug-likeness (QED) is 0.372. The van der Waals surface area contributed by atoms with Gasteiger partial charge in [0.15, 0.2) is 5.17 Å². The number of thioether (sulfide) groups is 1. The van der Waals surface area contributed by atoms with Gasteiger partial charge < -0.3 is 15.4 Å². The van der Waals surface area contributed by atoms with E-state index in [-0.39, 0.29) is 5.17 Å². The molecule has 0 spiro atoms. The van der Waals surface area contributed by atoms with Crippen LogP contribution in [0.25, 0.3) is 0 Å². The molecule has 92 valence electrons. The van der Waals surface area contributed by atoms with Crippen LogP contribution in [0.3, 0.4) is 0 Å². The second kappa shape index (κ2) is 8.98. The third-order valence-corrected chi connectivity index (χ3v) is 2.00. The largest absolute Gasteiger partial charge is 0.383 e. The molecule has 4 amide bonds. The molecule has 0 saturated heterocycles. The van der Waals surface area contributed by atoms with Crippen LogP contribution in [0.5, 0.6) is 0 Å². The lowest BCUT2D eigenvalue weighted by Crippen LogP contribution is -2.40. The summed E-state index contributed by atoms with van der Waals surface area (Å²) < 4.78 is 4.76. The normalized spacial score (nSPS) is 10.8. The molecule has 0 aromatic heterocycles. The fraction of sp³-hybridized carbons (Fsp3) is 0.625. The van der Waals surface area contributed by atoms with Gasteiger partial charge in [0, 0.05) is 20.7 Å². The first-order valence-corrected chi connectivity index (χ1v) is 5.74. The lowest BCUT2D eigenvalue weighted by atomic mass is 10.7. The van der Waals surface area contributed by atoms with E-state index in [2.05, 4.69) is 20.9 Å². The predicted octanol–water partition coefficient (Wildman–Crippen LogP) is -0.00960. The van der Waals surface area contributed by atoms with E-state index < -0.39 is 12.1 Å². The highest BCUT2D eigenvalue weighted by Gasteiger charge is 2.05. The van der Waals surface area contributed by atoms with Gasteiger partial charge in [0.05, 0.1) is 6.61 Å². The number of carbonyl (C=O) groups excluding carboxylic acids is 2. The first-order chi connectivity index (χ1) is 7.63. The Morgan fingerprint density at radius 3 is 2.62 bits per heavy atom. The fourth-order valence-corrected chi connectivity index (χ4v) is 1.05. The van der Waals surface area contributed by atoms with Gasteiger partial charge in [0.2, 0.25) is 0 Å². The van der Waals surface area contributed by atoms with Crippen LogP contribution in [0.2, 0.25) is 0 Å². The molecule has 3 N–H and O–H groups in total. The Kier molecular flexibility index (Phi) is 8.26. The maximum Gasteiger partial charge on any atom is 0.343 e. The molecule has 0 aromatic rings. The van der Waals surface area contributed by atoms with Crippen LogP contribution >= 0.6 is 11.8 Å². The van der Waals surface area contributed by atoms with Crippen LogP contribution in [-0.4, -0.2) is 50.8 Å². The minimum absolute atomic E-state index is 0.231. The van der Waals surface area contributed by atoms with Gasteiger partial charge in [-0.25, -0.2) is 9.59 Å². The summed E-state index contributed by atoms with van der Waals surface area (Å²) in [5.41, 5.74) is 0. The van der Waals surface area contributed by atoms with E-state index in [1.165, 1.54) is 18.8 Å². The third kappa shape index (κ3) is 7.07. The van der Waals surface area contributed by atoms with Gasteiger partial charge in [-0.05, 0) is 6.26 Å². The second-order valence-corrected chi connectivity index (χ2v) is 3.34. The van der Waals surface area contributed by atoms with E-state index in [0.717, 1.165) is 0 Å². The summed E-state index contributed by atoms with van der Waals surface area (Å²) in [6, 6.07) is -0.935. The minimum atomic E-state index is -0.512. The summed E-state index contributed by atoms with van der Waals surface area (Å²) >= 11 is 1.17. The van der Waals surface area contributed by atoms with Crippen molar-refractivity contribution in [2.75, 3.05) is 33.6 Å². The van der Waals surface area contributed by atoms with Crippen molar-refractivity contribution in [3.63, 3.8) is 0 Å². The molecule has 0 bridgehead atoms. The molecule has 0 unspecified atom stereocenters. The molecule has 0 atom stereocenters. The van der Waals surface area contributed by atoms with Gasteiger partial charge in [-0.2, -0.15) is 4.99 Å². The summed E-state index contributed by atoms with van der Waals surface area (Å²) in [5, 5.41) is 7.53. The molecule has 0 aromatic carbocycles. The van der Waals surface area contributed by atoms with Crippen LogP contribution in [0, 0.1) is 0 Å². The standard InChI is InChI=1S/C8H16N4O3S/c1-9-6(13)11-8(16-3)12-7(14)10-4-5-15-2/h4-5H2,1-3H3,(H3,9,10,11,12,13,14). The number of methoxy groups -OCH3 is 1. The number of urea groups is 2. The van der Waals surface area contributed by atoms with Crippen molar-refractivity contribution >= 4 is 29.0 Å². The number of nitrogens with zero attached hydrogens (tertiary/aromatic N) is 1. The zero-order valence-corrected chi connectivity index (χ0v) is 10.3. The van der Waals surface area contributed by atoms with E-state index in [1.54, 1.807) is 13.4 Å². The van der Waals surface area contributed by atoms with Crippen LogP contribution in [0.4, 0.5) is 9.59 Å². The van der Waals surface area contributed by atoms with Crippen LogP contribution in [-0.2, 0) is 4.74 Å². The van der Waals surface area contributed by atoms with E-state index in [4.69, 9.17) is 4.74 Å². The first kappa shape index (κ1) is 14.7. The summed E-state index contributed by atoms with van der Waals surface area (Å²) in [7, 11) is 3.00. The average molecular weight is 248 g/mol. The first-order valence-electron chi connectivity index (χ1n) is 4.52. The number of hydrogen-bond acceptors (Lipinski definition) is 4. The molecule has 0 heterocycles. The van der Waals surface area contributed by atoms with Gasteiger partial charge >= 0.3 is 12.1 Å². The zero-order valence-electron chi connectivity index (χ0n) is 9.49. The van der Waals surface area contributed by atoms with Crippen LogP contribution in [0.1, 0.15) is 0 Å². The second-order valence-electron chi connectivity index (χ2n) is 2.55. The highest BCUT2D eigenvalue weighted by molar-refractivity contribution is 8.13. The van der Waals surface area contributed by atoms with Gasteiger partial charge in [-0.1, -0.05) is 11.8 Å². The molecule has 0 aliphatic carbocycles. The topological polar surface area (TPSA) is 91.8 Å². The van der Waals surface area contributed by atoms with Crippen molar-refractivity contribution in [1.29, 1.82) is 0 Å². The molecule has 0 radical (unpaired) electrons. The fourth-order valence-electron chi connectivity index (χ4n) is 0.681. The number of nitrogens with one attached hydrogen (secondary N) is 3. The summed E-state index contributed by atoms with van der Waals surface area (Å²) in [4.78, 5) is 25.8. The van der Waals surface area contributed by atoms with Gasteiger partial charge in [-0.3, -0.25) is 5.32 Å². The molecule has 0 saturated carbocycles. The summed E-state index contributed by atoms with van der Waals surface area (Å²) in [6.45, 7) is 0.818. The number of amidine groups is 1. The Bertz CT molecular complexity index is 270. The summed E-state index contributed by atoms with van der Waals surface area (Å²) in [6.07, 6.45) is 1.71. The highest BCUT2D eigenvalue weighted by Crippen LogP contribution is 1.94. The molecular formula is C8H16N4O3S. The maximum atomic E-state index is 11.3. The van der Waals surface area contributed by atoms with Gasteiger partial charge in [0.25, 0.3) is 0 Å². The lowest BCUT2D eigenvalue weighted by Gasteiger charge is -2.07. The molecule has 0 aliphatic rings. The smallest absolute Gasteiger partial charge is 0.343 e. The van der Waals surface area contributed by atoms with Crippen LogP contribution < -0.4 is 16.0 Å². The number of rotatable bonds is 3. The number of hydrogen-bond donors (Lipinski definition) is 3. The van der Waals surface area contributed by atoms with Gasteiger partial charge in [0.1, 0.15) is 0 Å². The predicted molar refractivity (Wildman–Crippen MR) is 63.8 cm³/mol. The molecule has 8 heteroatoms. The van der Waals surface area contributed by atoms with Crippen LogP contribution in [0.15, 0.2) is 4.99 Å². The van der Waals surface area contributed by atoms with E-state index >= 15 is 0 Å². The maximum absolute atomic E-state index is 11.3. The Morgan fingerprint density at radius 1 is 1.44 bits per heavy atom. The molecular weight excluding hydrogens is 232 g/mol. The van der Waals surface area contributed by atoms with Crippen molar-refractivity contribution in [3.05, 3.63) is 0 Å². The zero-order chi connectivity index (χ0) is 12.4. The minimum Gasteiger partial charge on any atom is -0.383 e. The van der Waals surface area contributed by atoms with E-state index in [9.17, 15) is 9.59 Å². The molecule has 0 rings (SSSR count).